The van der Waals surface area contributed by atoms with Crippen molar-refractivity contribution in [2.24, 2.45) is 5.92 Å². The number of aromatic hydroxyl groups is 1. The number of aromatic nitrogens is 2. The molecule has 0 amide bonds. The summed E-state index contributed by atoms with van der Waals surface area (Å²) in [6, 6.07) is 1.41. The molecule has 2 aliphatic rings. The molecule has 0 atom stereocenters. The zero-order valence-electron chi connectivity index (χ0n) is 13.3. The zero-order chi connectivity index (χ0) is 16.8. The van der Waals surface area contributed by atoms with Crippen molar-refractivity contribution < 1.29 is 5.11 Å². The van der Waals surface area contributed by atoms with Gasteiger partial charge in [0.15, 0.2) is 5.75 Å². The fourth-order valence-corrected chi connectivity index (χ4v) is 3.89. The van der Waals surface area contributed by atoms with Gasteiger partial charge >= 0.3 is 0 Å². The number of halogens is 2. The van der Waals surface area contributed by atoms with Crippen molar-refractivity contribution in [3.63, 3.8) is 0 Å². The minimum absolute atomic E-state index is 0.117. The fraction of sp³-hybridized carbons (Fsp3) is 0.529. The Balaban J connectivity index is 1.90. The maximum Gasteiger partial charge on any atom is 0.263 e. The molecule has 0 bridgehead atoms. The molecule has 0 spiro atoms. The fourth-order valence-electron chi connectivity index (χ4n) is 3.36. The van der Waals surface area contributed by atoms with E-state index >= 15 is 0 Å². The monoisotopic (exact) mass is 367 g/mol. The Labute approximate surface area is 149 Å². The van der Waals surface area contributed by atoms with Crippen LogP contribution in [0.4, 0.5) is 0 Å². The first-order valence-electron chi connectivity index (χ1n) is 8.37. The summed E-state index contributed by atoms with van der Waals surface area (Å²) in [7, 11) is 0. The maximum absolute atomic E-state index is 13.0. The highest BCUT2D eigenvalue weighted by Gasteiger charge is 2.26. The lowest BCUT2D eigenvalue weighted by atomic mass is 10.2. The van der Waals surface area contributed by atoms with E-state index in [1.165, 1.54) is 18.9 Å². The van der Waals surface area contributed by atoms with E-state index in [0.717, 1.165) is 25.9 Å². The topological polar surface area (TPSA) is 58.4 Å². The second kappa shape index (κ2) is 6.21. The molecule has 1 saturated carbocycles. The Morgan fingerprint density at radius 1 is 1.21 bits per heavy atom. The normalized spacial score (nSPS) is 18.6. The molecule has 1 aliphatic carbocycles. The largest absolute Gasteiger partial charge is 0.504 e. The second-order valence-electron chi connectivity index (χ2n) is 6.78. The van der Waals surface area contributed by atoms with Crippen molar-refractivity contribution in [3.8, 4) is 5.75 Å². The minimum atomic E-state index is -0.182. The smallest absolute Gasteiger partial charge is 0.263 e. The van der Waals surface area contributed by atoms with Gasteiger partial charge in [-0.2, -0.15) is 0 Å². The highest BCUT2D eigenvalue weighted by Crippen LogP contribution is 2.36. The SMILES string of the molecule is O=c1c2c(Cl)cc(Cl)c(O)c2nc(CN2CCCC2)n1CC1CC1. The van der Waals surface area contributed by atoms with Gasteiger partial charge in [-0.05, 0) is 50.8 Å². The molecule has 128 valence electrons. The van der Waals surface area contributed by atoms with Gasteiger partial charge in [-0.15, -0.1) is 0 Å². The van der Waals surface area contributed by atoms with Gasteiger partial charge in [0.1, 0.15) is 11.3 Å². The van der Waals surface area contributed by atoms with Crippen molar-refractivity contribution in [3.05, 3.63) is 32.3 Å². The van der Waals surface area contributed by atoms with E-state index in [9.17, 15) is 9.90 Å². The Morgan fingerprint density at radius 3 is 2.58 bits per heavy atom. The molecule has 4 rings (SSSR count). The molecule has 24 heavy (non-hydrogen) atoms. The summed E-state index contributed by atoms with van der Waals surface area (Å²) in [5, 5.41) is 10.9. The third-order valence-corrected chi connectivity index (χ3v) is 5.48. The number of likely N-dealkylation sites (tertiary alicyclic amines) is 1. The predicted molar refractivity (Wildman–Crippen MR) is 94.9 cm³/mol. The summed E-state index contributed by atoms with van der Waals surface area (Å²) in [6.07, 6.45) is 4.63. The molecular weight excluding hydrogens is 349 g/mol. The zero-order valence-corrected chi connectivity index (χ0v) is 14.8. The first-order chi connectivity index (χ1) is 11.5. The van der Waals surface area contributed by atoms with E-state index in [2.05, 4.69) is 9.88 Å². The number of hydrogen-bond donors (Lipinski definition) is 1. The number of fused-ring (bicyclic) bond motifs is 1. The standard InChI is InChI=1S/C17H19Cl2N3O2/c18-11-7-12(19)16(23)15-14(11)17(24)22(8-10-3-4-10)13(20-15)9-21-5-1-2-6-21/h7,10,23H,1-6,8-9H2. The molecule has 0 radical (unpaired) electrons. The summed E-state index contributed by atoms with van der Waals surface area (Å²) < 4.78 is 1.75. The van der Waals surface area contributed by atoms with Crippen LogP contribution >= 0.6 is 23.2 Å². The highest BCUT2D eigenvalue weighted by molar-refractivity contribution is 6.39. The molecule has 5 nitrogen and oxygen atoms in total. The molecule has 1 aromatic heterocycles. The van der Waals surface area contributed by atoms with Crippen LogP contribution in [-0.4, -0.2) is 32.6 Å². The van der Waals surface area contributed by atoms with E-state index in [0.29, 0.717) is 24.8 Å². The third kappa shape index (κ3) is 2.89. The van der Waals surface area contributed by atoms with Crippen LogP contribution in [0.2, 0.25) is 10.0 Å². The first kappa shape index (κ1) is 16.2. The lowest BCUT2D eigenvalue weighted by Crippen LogP contribution is -2.30. The van der Waals surface area contributed by atoms with Crippen molar-refractivity contribution in [2.45, 2.75) is 38.8 Å². The van der Waals surface area contributed by atoms with Crippen LogP contribution < -0.4 is 5.56 Å². The Bertz CT molecular complexity index is 855. The van der Waals surface area contributed by atoms with Gasteiger partial charge in [-0.3, -0.25) is 14.3 Å². The molecular formula is C17H19Cl2N3O2. The number of phenolic OH excluding ortho intramolecular Hbond substituents is 1. The number of nitrogens with zero attached hydrogens (tertiary/aromatic N) is 3. The van der Waals surface area contributed by atoms with E-state index in [1.54, 1.807) is 4.57 Å². The lowest BCUT2D eigenvalue weighted by Gasteiger charge is -2.19. The van der Waals surface area contributed by atoms with Crippen LogP contribution in [0, 0.1) is 5.92 Å². The van der Waals surface area contributed by atoms with E-state index in [-0.39, 0.29) is 32.3 Å². The van der Waals surface area contributed by atoms with Gasteiger partial charge in [0.25, 0.3) is 5.56 Å². The Kier molecular flexibility index (Phi) is 4.19. The van der Waals surface area contributed by atoms with Crippen molar-refractivity contribution >= 4 is 34.1 Å². The number of phenols is 1. The van der Waals surface area contributed by atoms with Crippen molar-refractivity contribution in [1.29, 1.82) is 0 Å². The number of benzene rings is 1. The van der Waals surface area contributed by atoms with Gasteiger partial charge in [-0.25, -0.2) is 4.98 Å². The van der Waals surface area contributed by atoms with Crippen LogP contribution in [-0.2, 0) is 13.1 Å². The average Bonchev–Trinajstić information content (AvgIpc) is 3.22. The number of rotatable bonds is 4. The molecule has 0 unspecified atom stereocenters. The van der Waals surface area contributed by atoms with Crippen molar-refractivity contribution in [2.75, 3.05) is 13.1 Å². The molecule has 1 aliphatic heterocycles. The van der Waals surface area contributed by atoms with Crippen LogP contribution in [0.3, 0.4) is 0 Å². The van der Waals surface area contributed by atoms with Crippen LogP contribution in [0.25, 0.3) is 10.9 Å². The Hall–Kier alpha value is -1.30. The molecule has 1 N–H and O–H groups in total. The second-order valence-corrected chi connectivity index (χ2v) is 7.60. The number of hydrogen-bond acceptors (Lipinski definition) is 4. The maximum atomic E-state index is 13.0. The molecule has 2 heterocycles. The quantitative estimate of drug-likeness (QED) is 0.899. The minimum Gasteiger partial charge on any atom is -0.504 e. The Morgan fingerprint density at radius 2 is 1.92 bits per heavy atom. The summed E-state index contributed by atoms with van der Waals surface area (Å²) >= 11 is 12.2. The van der Waals surface area contributed by atoms with Gasteiger partial charge < -0.3 is 5.11 Å². The lowest BCUT2D eigenvalue weighted by molar-refractivity contribution is 0.312. The van der Waals surface area contributed by atoms with Crippen molar-refractivity contribution in [1.82, 2.24) is 14.5 Å². The first-order valence-corrected chi connectivity index (χ1v) is 9.13. The summed E-state index contributed by atoms with van der Waals surface area (Å²) in [6.45, 7) is 3.31. The molecule has 2 fully saturated rings. The summed E-state index contributed by atoms with van der Waals surface area (Å²) in [4.78, 5) is 19.9. The summed E-state index contributed by atoms with van der Waals surface area (Å²) in [5.74, 6) is 1.06. The van der Waals surface area contributed by atoms with Crippen LogP contribution in [0.1, 0.15) is 31.5 Å². The van der Waals surface area contributed by atoms with Gasteiger partial charge in [0, 0.05) is 6.54 Å². The van der Waals surface area contributed by atoms with E-state index in [4.69, 9.17) is 23.2 Å². The van der Waals surface area contributed by atoms with Gasteiger partial charge in [0.2, 0.25) is 0 Å². The predicted octanol–water partition coefficient (Wildman–Crippen LogP) is 3.41. The third-order valence-electron chi connectivity index (χ3n) is 4.89. The van der Waals surface area contributed by atoms with Crippen LogP contribution in [0.5, 0.6) is 5.75 Å². The van der Waals surface area contributed by atoms with Gasteiger partial charge in [0.05, 0.1) is 22.0 Å². The molecule has 1 aromatic carbocycles. The highest BCUT2D eigenvalue weighted by atomic mass is 35.5. The molecule has 1 saturated heterocycles. The average molecular weight is 368 g/mol. The van der Waals surface area contributed by atoms with Crippen LogP contribution in [0.15, 0.2) is 10.9 Å². The van der Waals surface area contributed by atoms with Gasteiger partial charge in [-0.1, -0.05) is 23.2 Å². The molecule has 7 heteroatoms. The van der Waals surface area contributed by atoms with E-state index < -0.39 is 0 Å². The summed E-state index contributed by atoms with van der Waals surface area (Å²) in [5.41, 5.74) is 0.0248. The molecule has 2 aromatic rings. The van der Waals surface area contributed by atoms with E-state index in [1.807, 2.05) is 0 Å².